The first-order valence-corrected chi connectivity index (χ1v) is 29.0. The maximum absolute atomic E-state index is 12.9. The summed E-state index contributed by atoms with van der Waals surface area (Å²) in [7, 11) is 0. The number of rotatable bonds is 50. The Morgan fingerprint density at radius 1 is 0.471 bits per heavy atom. The number of allylic oxidation sites excluding steroid dienone is 12. The second-order valence-electron chi connectivity index (χ2n) is 19.7. The van der Waals surface area contributed by atoms with Crippen LogP contribution in [-0.2, 0) is 23.7 Å². The van der Waals surface area contributed by atoms with Gasteiger partial charge in [0, 0.05) is 13.0 Å². The van der Waals surface area contributed by atoms with E-state index in [4.69, 9.17) is 18.9 Å². The zero-order valence-corrected chi connectivity index (χ0v) is 45.0. The third-order valence-corrected chi connectivity index (χ3v) is 13.1. The molecule has 1 fully saturated rings. The molecule has 0 spiro atoms. The fraction of sp³-hybridized carbons (Fsp3) is 0.787. The van der Waals surface area contributed by atoms with Gasteiger partial charge in [0.25, 0.3) is 0 Å². The van der Waals surface area contributed by atoms with Crippen LogP contribution in [-0.4, -0.2) is 89.6 Å². The Hall–Kier alpha value is -2.37. The molecular weight excluding hydrogens is 877 g/mol. The van der Waals surface area contributed by atoms with Crippen LogP contribution < -0.4 is 0 Å². The van der Waals surface area contributed by atoms with Crippen LogP contribution in [0.15, 0.2) is 72.9 Å². The number of aliphatic hydroxyl groups is 4. The molecule has 0 aromatic carbocycles. The summed E-state index contributed by atoms with van der Waals surface area (Å²) in [5, 5.41) is 40.4. The predicted octanol–water partition coefficient (Wildman–Crippen LogP) is 15.2. The molecule has 0 aliphatic carbocycles. The number of hydrogen-bond donors (Lipinski definition) is 4. The van der Waals surface area contributed by atoms with Gasteiger partial charge in [-0.1, -0.05) is 228 Å². The fourth-order valence-electron chi connectivity index (χ4n) is 8.63. The van der Waals surface area contributed by atoms with E-state index in [1.165, 1.54) is 148 Å². The SMILES string of the molecule is CC/C=C\C/C=C\C/C=C\C/C=C\C/C=C\CCCCCCCCOCC(COC1OC(CO)C(O)C(O)C1O)OC(=O)CCCCCCCCCCCCCCC/C=C\CCCCCCCCCC. The Labute approximate surface area is 429 Å². The number of esters is 1. The van der Waals surface area contributed by atoms with Crippen LogP contribution in [0.3, 0.4) is 0 Å². The Balaban J connectivity index is 2.17. The van der Waals surface area contributed by atoms with Crippen molar-refractivity contribution in [3.05, 3.63) is 72.9 Å². The van der Waals surface area contributed by atoms with Crippen LogP contribution in [0.2, 0.25) is 0 Å². The van der Waals surface area contributed by atoms with Gasteiger partial charge in [0.15, 0.2) is 6.29 Å². The molecule has 0 bridgehead atoms. The van der Waals surface area contributed by atoms with E-state index < -0.39 is 43.4 Å². The Bertz CT molecular complexity index is 1310. The molecule has 0 aromatic rings. The van der Waals surface area contributed by atoms with Gasteiger partial charge in [-0.3, -0.25) is 4.79 Å². The van der Waals surface area contributed by atoms with E-state index in [1.54, 1.807) is 0 Å². The fourth-order valence-corrected chi connectivity index (χ4v) is 8.63. The van der Waals surface area contributed by atoms with E-state index >= 15 is 0 Å². The standard InChI is InChI=1S/C61H108O9/c1-3-5-7-9-11-13-15-17-19-21-23-25-27-28-29-30-32-34-36-38-40-42-44-46-48-50-57(63)69-55(54-68-61-60(66)59(65)58(64)56(52-62)70-61)53-67-51-49-47-45-43-41-39-37-35-33-31-26-24-22-20-18-16-14-12-10-8-6-4-2/h6,8,12,14,18,20-21,23-24,26,33,35,55-56,58-62,64-66H,3-5,7,9-11,13,15-17,19,22,25,27-32,34,36-54H2,1-2H3/b8-6-,14-12-,20-18-,23-21-,26-24-,35-33-. The minimum Gasteiger partial charge on any atom is -0.457 e. The van der Waals surface area contributed by atoms with E-state index in [2.05, 4.69) is 86.8 Å². The summed E-state index contributed by atoms with van der Waals surface area (Å²) in [6.07, 6.45) is 62.3. The summed E-state index contributed by atoms with van der Waals surface area (Å²) in [6.45, 7) is 4.43. The lowest BCUT2D eigenvalue weighted by Gasteiger charge is -2.39. The number of ether oxygens (including phenoxy) is 4. The highest BCUT2D eigenvalue weighted by molar-refractivity contribution is 5.69. The smallest absolute Gasteiger partial charge is 0.306 e. The van der Waals surface area contributed by atoms with Crippen LogP contribution in [0.5, 0.6) is 0 Å². The van der Waals surface area contributed by atoms with Gasteiger partial charge in [-0.05, 0) is 83.5 Å². The van der Waals surface area contributed by atoms with Crippen molar-refractivity contribution in [2.75, 3.05) is 26.4 Å². The number of hydrogen-bond acceptors (Lipinski definition) is 9. The van der Waals surface area contributed by atoms with Gasteiger partial charge in [0.1, 0.15) is 30.5 Å². The normalized spacial score (nSPS) is 19.4. The maximum atomic E-state index is 12.9. The van der Waals surface area contributed by atoms with E-state index in [0.29, 0.717) is 13.0 Å². The summed E-state index contributed by atoms with van der Waals surface area (Å²) in [6, 6.07) is 0. The van der Waals surface area contributed by atoms with E-state index in [0.717, 1.165) is 77.0 Å². The zero-order chi connectivity index (χ0) is 50.6. The summed E-state index contributed by atoms with van der Waals surface area (Å²) >= 11 is 0. The van der Waals surface area contributed by atoms with Crippen LogP contribution in [0.25, 0.3) is 0 Å². The quantitative estimate of drug-likeness (QED) is 0.0267. The summed E-state index contributed by atoms with van der Waals surface area (Å²) in [5.41, 5.74) is 0. The minimum atomic E-state index is -1.54. The van der Waals surface area contributed by atoms with E-state index in [9.17, 15) is 25.2 Å². The van der Waals surface area contributed by atoms with Crippen molar-refractivity contribution in [1.82, 2.24) is 0 Å². The van der Waals surface area contributed by atoms with Crippen molar-refractivity contribution < 1.29 is 44.2 Å². The molecule has 0 saturated carbocycles. The highest BCUT2D eigenvalue weighted by Crippen LogP contribution is 2.23. The lowest BCUT2D eigenvalue weighted by molar-refractivity contribution is -0.305. The molecule has 9 nitrogen and oxygen atoms in total. The molecule has 1 saturated heterocycles. The molecule has 9 heteroatoms. The van der Waals surface area contributed by atoms with Gasteiger partial charge in [0.05, 0.1) is 19.8 Å². The van der Waals surface area contributed by atoms with Gasteiger partial charge in [0.2, 0.25) is 0 Å². The number of unbranched alkanes of at least 4 members (excludes halogenated alkanes) is 27. The van der Waals surface area contributed by atoms with Crippen molar-refractivity contribution in [3.63, 3.8) is 0 Å². The Kier molecular flexibility index (Phi) is 48.3. The molecule has 6 unspecified atom stereocenters. The van der Waals surface area contributed by atoms with Gasteiger partial charge >= 0.3 is 5.97 Å². The van der Waals surface area contributed by atoms with Crippen molar-refractivity contribution in [2.45, 2.75) is 282 Å². The molecule has 0 aromatic heterocycles. The van der Waals surface area contributed by atoms with Gasteiger partial charge in [-0.2, -0.15) is 0 Å². The molecule has 1 aliphatic heterocycles. The van der Waals surface area contributed by atoms with Crippen molar-refractivity contribution >= 4 is 5.97 Å². The van der Waals surface area contributed by atoms with Crippen molar-refractivity contribution in [1.29, 1.82) is 0 Å². The second-order valence-corrected chi connectivity index (χ2v) is 19.7. The predicted molar refractivity (Wildman–Crippen MR) is 293 cm³/mol. The average molecular weight is 986 g/mol. The molecule has 6 atom stereocenters. The molecular formula is C61H108O9. The van der Waals surface area contributed by atoms with Crippen LogP contribution in [0.4, 0.5) is 0 Å². The van der Waals surface area contributed by atoms with Gasteiger partial charge in [-0.15, -0.1) is 0 Å². The number of aliphatic hydroxyl groups excluding tert-OH is 4. The summed E-state index contributed by atoms with van der Waals surface area (Å²) in [4.78, 5) is 12.9. The Morgan fingerprint density at radius 3 is 1.33 bits per heavy atom. The Morgan fingerprint density at radius 2 is 0.871 bits per heavy atom. The zero-order valence-electron chi connectivity index (χ0n) is 45.0. The van der Waals surface area contributed by atoms with Crippen LogP contribution in [0, 0.1) is 0 Å². The van der Waals surface area contributed by atoms with Crippen molar-refractivity contribution in [3.8, 4) is 0 Å². The van der Waals surface area contributed by atoms with Crippen LogP contribution in [0.1, 0.15) is 245 Å². The molecule has 70 heavy (non-hydrogen) atoms. The maximum Gasteiger partial charge on any atom is 0.306 e. The molecule has 1 rings (SSSR count). The highest BCUT2D eigenvalue weighted by atomic mass is 16.7. The van der Waals surface area contributed by atoms with Crippen molar-refractivity contribution in [2.24, 2.45) is 0 Å². The monoisotopic (exact) mass is 985 g/mol. The molecule has 4 N–H and O–H groups in total. The van der Waals surface area contributed by atoms with Crippen LogP contribution >= 0.6 is 0 Å². The number of carbonyl (C=O) groups is 1. The topological polar surface area (TPSA) is 135 Å². The van der Waals surface area contributed by atoms with E-state index in [-0.39, 0.29) is 19.2 Å². The molecule has 0 amide bonds. The third kappa shape index (κ3) is 41.1. The minimum absolute atomic E-state index is 0.122. The number of carbonyl (C=O) groups excluding carboxylic acids is 1. The molecule has 1 aliphatic rings. The highest BCUT2D eigenvalue weighted by Gasteiger charge is 2.44. The first-order valence-electron chi connectivity index (χ1n) is 29.0. The molecule has 1 heterocycles. The lowest BCUT2D eigenvalue weighted by Crippen LogP contribution is -2.59. The molecule has 0 radical (unpaired) electrons. The first-order chi connectivity index (χ1) is 34.4. The summed E-state index contributed by atoms with van der Waals surface area (Å²) < 4.78 is 23.0. The molecule has 406 valence electrons. The van der Waals surface area contributed by atoms with E-state index in [1.807, 2.05) is 0 Å². The second kappa shape index (κ2) is 51.5. The lowest BCUT2D eigenvalue weighted by atomic mass is 9.99. The van der Waals surface area contributed by atoms with Gasteiger partial charge < -0.3 is 39.4 Å². The largest absolute Gasteiger partial charge is 0.457 e. The average Bonchev–Trinajstić information content (AvgIpc) is 3.36. The first kappa shape index (κ1) is 65.6. The summed E-state index contributed by atoms with van der Waals surface area (Å²) in [5.74, 6) is -0.318. The third-order valence-electron chi connectivity index (χ3n) is 13.1. The van der Waals surface area contributed by atoms with Gasteiger partial charge in [-0.25, -0.2) is 0 Å².